The van der Waals surface area contributed by atoms with Gasteiger partial charge in [0.25, 0.3) is 0 Å². The standard InChI is InChI=1S/C18H11NSe/c20-16-10-9-12-11-5-1-3-7-14(11)19-15-8-4-2-6-13(15)17(16)18(12)19/h1-9H,10H2. The molecule has 0 N–H and O–H groups in total. The predicted octanol–water partition coefficient (Wildman–Crippen LogP) is 2.84. The van der Waals surface area contributed by atoms with Crippen LogP contribution in [0.3, 0.4) is 0 Å². The second-order valence-corrected chi connectivity index (χ2v) is 6.37. The Morgan fingerprint density at radius 2 is 1.50 bits per heavy atom. The third-order valence-electron chi connectivity index (χ3n) is 4.34. The van der Waals surface area contributed by atoms with Crippen molar-refractivity contribution in [2.75, 3.05) is 0 Å². The fourth-order valence-electron chi connectivity index (χ4n) is 3.55. The monoisotopic (exact) mass is 321 g/mol. The van der Waals surface area contributed by atoms with Gasteiger partial charge in [0.15, 0.2) is 0 Å². The zero-order valence-corrected chi connectivity index (χ0v) is 12.5. The Hall–Kier alpha value is -1.89. The first-order valence-electron chi connectivity index (χ1n) is 6.83. The quantitative estimate of drug-likeness (QED) is 0.439. The summed E-state index contributed by atoms with van der Waals surface area (Å²) in [6.45, 7) is 0. The number of hydrogen-bond donors (Lipinski definition) is 0. The number of benzene rings is 2. The van der Waals surface area contributed by atoms with Crippen LogP contribution in [0.25, 0.3) is 33.4 Å². The average molecular weight is 320 g/mol. The van der Waals surface area contributed by atoms with Crippen molar-refractivity contribution in [1.29, 1.82) is 0 Å². The Kier molecular flexibility index (Phi) is 1.95. The molecule has 2 heterocycles. The van der Waals surface area contributed by atoms with Gasteiger partial charge in [-0.05, 0) is 0 Å². The molecule has 0 unspecified atom stereocenters. The van der Waals surface area contributed by atoms with Gasteiger partial charge in [-0.2, -0.15) is 0 Å². The molecule has 0 atom stereocenters. The van der Waals surface area contributed by atoms with Crippen molar-refractivity contribution in [2.45, 2.75) is 6.42 Å². The molecule has 1 aliphatic rings. The van der Waals surface area contributed by atoms with E-state index in [0.29, 0.717) is 0 Å². The summed E-state index contributed by atoms with van der Waals surface area (Å²) in [4.78, 5) is 0. The Morgan fingerprint density at radius 3 is 2.30 bits per heavy atom. The van der Waals surface area contributed by atoms with E-state index in [1.807, 2.05) is 0 Å². The summed E-state index contributed by atoms with van der Waals surface area (Å²) in [7, 11) is 0. The molecule has 0 fully saturated rings. The molecule has 2 aromatic carbocycles. The van der Waals surface area contributed by atoms with Crippen LogP contribution in [0.2, 0.25) is 0 Å². The first-order valence-corrected chi connectivity index (χ1v) is 7.69. The van der Waals surface area contributed by atoms with E-state index in [9.17, 15) is 0 Å². The Bertz CT molecular complexity index is 1090. The van der Waals surface area contributed by atoms with Crippen molar-refractivity contribution < 1.29 is 0 Å². The SMILES string of the molecule is [Se]=C1CC=c2c3ccccc3n3c2c1c1ccccc13. The number of nitrogens with zero attached hydrogens (tertiary/aromatic N) is 1. The number of aromatic nitrogens is 1. The first kappa shape index (κ1) is 10.8. The summed E-state index contributed by atoms with van der Waals surface area (Å²) >= 11 is 3.27. The van der Waals surface area contributed by atoms with Crippen LogP contribution in [0, 0.1) is 0 Å². The van der Waals surface area contributed by atoms with Gasteiger partial charge in [-0.15, -0.1) is 0 Å². The van der Waals surface area contributed by atoms with Gasteiger partial charge in [0, 0.05) is 0 Å². The van der Waals surface area contributed by atoms with Crippen molar-refractivity contribution >= 4 is 53.4 Å². The van der Waals surface area contributed by atoms with Crippen LogP contribution >= 0.6 is 0 Å². The van der Waals surface area contributed by atoms with Crippen LogP contribution in [-0.2, 0) is 0 Å². The molecule has 1 aliphatic carbocycles. The molecule has 0 spiro atoms. The van der Waals surface area contributed by atoms with Gasteiger partial charge in [-0.3, -0.25) is 0 Å². The van der Waals surface area contributed by atoms with Crippen molar-refractivity contribution in [3.05, 3.63) is 59.3 Å². The number of fused-ring (bicyclic) bond motifs is 6. The van der Waals surface area contributed by atoms with E-state index in [2.05, 4.69) is 74.6 Å². The topological polar surface area (TPSA) is 4.41 Å². The van der Waals surface area contributed by atoms with Crippen molar-refractivity contribution in [3.63, 3.8) is 0 Å². The van der Waals surface area contributed by atoms with E-state index in [1.165, 1.54) is 42.5 Å². The van der Waals surface area contributed by atoms with Crippen LogP contribution in [0.15, 0.2) is 48.5 Å². The third-order valence-corrected chi connectivity index (χ3v) is 5.11. The van der Waals surface area contributed by atoms with Gasteiger partial charge in [0.1, 0.15) is 0 Å². The molecule has 0 saturated carbocycles. The molecule has 0 radical (unpaired) electrons. The first-order chi connectivity index (χ1) is 9.86. The number of rotatable bonds is 0. The molecule has 1 nitrogen and oxygen atoms in total. The molecule has 4 aromatic rings. The Morgan fingerprint density at radius 1 is 0.850 bits per heavy atom. The van der Waals surface area contributed by atoms with E-state index < -0.39 is 0 Å². The van der Waals surface area contributed by atoms with Crippen molar-refractivity contribution in [1.82, 2.24) is 4.40 Å². The van der Waals surface area contributed by atoms with Gasteiger partial charge in [-0.1, -0.05) is 0 Å². The molecule has 2 heteroatoms. The van der Waals surface area contributed by atoms with Crippen LogP contribution in [0.5, 0.6) is 0 Å². The van der Waals surface area contributed by atoms with Crippen LogP contribution in [0.1, 0.15) is 12.0 Å². The van der Waals surface area contributed by atoms with Gasteiger partial charge in [0.2, 0.25) is 0 Å². The second kappa shape index (κ2) is 3.60. The minimum atomic E-state index is 1.00. The molecule has 0 aliphatic heterocycles. The van der Waals surface area contributed by atoms with E-state index >= 15 is 0 Å². The van der Waals surface area contributed by atoms with E-state index in [-0.39, 0.29) is 0 Å². The third kappa shape index (κ3) is 1.13. The molecular weight excluding hydrogens is 309 g/mol. The molecule has 2 aromatic heterocycles. The molecule has 5 rings (SSSR count). The average Bonchev–Trinajstić information content (AvgIpc) is 2.99. The minimum absolute atomic E-state index is 1.00. The summed E-state index contributed by atoms with van der Waals surface area (Å²) in [6.07, 6.45) is 3.36. The van der Waals surface area contributed by atoms with Gasteiger partial charge >= 0.3 is 124 Å². The zero-order chi connectivity index (χ0) is 13.3. The normalized spacial score (nSPS) is 14.3. The van der Waals surface area contributed by atoms with Crippen LogP contribution in [0.4, 0.5) is 0 Å². The summed E-state index contributed by atoms with van der Waals surface area (Å²) < 4.78 is 3.77. The van der Waals surface area contributed by atoms with Crippen LogP contribution in [-0.4, -0.2) is 24.4 Å². The van der Waals surface area contributed by atoms with Crippen molar-refractivity contribution in [2.24, 2.45) is 0 Å². The molecule has 0 amide bonds. The molecule has 94 valence electrons. The maximum atomic E-state index is 3.27. The fraction of sp³-hybridized carbons (Fsp3) is 0.0556. The maximum absolute atomic E-state index is 3.27. The molecule has 0 bridgehead atoms. The summed E-state index contributed by atoms with van der Waals surface area (Å²) in [5.74, 6) is 0. The molecular formula is C18H11NSe. The van der Waals surface area contributed by atoms with E-state index in [4.69, 9.17) is 0 Å². The summed E-state index contributed by atoms with van der Waals surface area (Å²) in [5.41, 5.74) is 5.38. The van der Waals surface area contributed by atoms with E-state index in [1.54, 1.807) is 0 Å². The number of para-hydroxylation sites is 2. The van der Waals surface area contributed by atoms with Gasteiger partial charge < -0.3 is 0 Å². The van der Waals surface area contributed by atoms with E-state index in [0.717, 1.165) is 6.42 Å². The van der Waals surface area contributed by atoms with Gasteiger partial charge in [0.05, 0.1) is 0 Å². The second-order valence-electron chi connectivity index (χ2n) is 5.34. The molecule has 20 heavy (non-hydrogen) atoms. The predicted molar refractivity (Wildman–Crippen MR) is 86.6 cm³/mol. The Balaban J connectivity index is 2.28. The van der Waals surface area contributed by atoms with Gasteiger partial charge in [-0.25, -0.2) is 0 Å². The molecule has 0 saturated heterocycles. The zero-order valence-electron chi connectivity index (χ0n) is 10.8. The number of hydrogen-bond acceptors (Lipinski definition) is 0. The fourth-order valence-corrected chi connectivity index (χ4v) is 4.16. The van der Waals surface area contributed by atoms with Crippen LogP contribution < -0.4 is 5.22 Å². The van der Waals surface area contributed by atoms with Crippen molar-refractivity contribution in [3.8, 4) is 0 Å². The Labute approximate surface area is 123 Å². The summed E-state index contributed by atoms with van der Waals surface area (Å²) in [5, 5.41) is 4.11. The summed E-state index contributed by atoms with van der Waals surface area (Å²) in [6, 6.07) is 17.4.